The Balaban J connectivity index is 2.02. The molecule has 13 nitrogen and oxygen atoms in total. The number of carbonyl (C=O) groups is 6. The second-order valence-electron chi connectivity index (χ2n) is 6.59. The van der Waals surface area contributed by atoms with Crippen LogP contribution < -0.4 is 0 Å². The van der Waals surface area contributed by atoms with Gasteiger partial charge in [0, 0.05) is 0 Å². The molecule has 0 fully saturated rings. The van der Waals surface area contributed by atoms with Gasteiger partial charge >= 0.3 is 35.8 Å². The van der Waals surface area contributed by atoms with Gasteiger partial charge in [-0.25, -0.2) is 28.8 Å². The number of hydrogen-bond donors (Lipinski definition) is 5. The maximum Gasteiger partial charge on any atom is 0.339 e. The molecule has 2 aromatic rings. The molecule has 178 valence electrons. The van der Waals surface area contributed by atoms with Crippen molar-refractivity contribution in [2.24, 2.45) is 0 Å². The number of carbonyl (C=O) groups excluding carboxylic acids is 2. The first kappa shape index (κ1) is 25.5. The van der Waals surface area contributed by atoms with Crippen LogP contribution >= 0.6 is 0 Å². The third-order valence-electron chi connectivity index (χ3n) is 4.25. The maximum absolute atomic E-state index is 12.2. The summed E-state index contributed by atoms with van der Waals surface area (Å²) >= 11 is 0. The molecular weight excluding hydrogens is 460 g/mol. The Morgan fingerprint density at radius 3 is 1.24 bits per heavy atom. The second-order valence-corrected chi connectivity index (χ2v) is 6.59. The number of benzene rings is 2. The summed E-state index contributed by atoms with van der Waals surface area (Å²) in [6.45, 7) is -1.51. The Labute approximate surface area is 189 Å². The van der Waals surface area contributed by atoms with Crippen molar-refractivity contribution in [1.29, 1.82) is 0 Å². The zero-order chi connectivity index (χ0) is 25.6. The lowest BCUT2D eigenvalue weighted by molar-refractivity contribution is -0.00498. The van der Waals surface area contributed by atoms with Gasteiger partial charge in [-0.05, 0) is 36.4 Å². The number of carboxylic acids is 4. The Morgan fingerprint density at radius 1 is 0.588 bits per heavy atom. The summed E-state index contributed by atoms with van der Waals surface area (Å²) in [5.74, 6) is -8.40. The fourth-order valence-corrected chi connectivity index (χ4v) is 2.61. The van der Waals surface area contributed by atoms with Crippen LogP contribution in [-0.2, 0) is 9.47 Å². The first-order chi connectivity index (χ1) is 15.9. The van der Waals surface area contributed by atoms with Crippen LogP contribution in [0.3, 0.4) is 0 Å². The first-order valence-electron chi connectivity index (χ1n) is 9.16. The Bertz CT molecular complexity index is 1090. The van der Waals surface area contributed by atoms with Gasteiger partial charge in [-0.3, -0.25) is 0 Å². The van der Waals surface area contributed by atoms with Gasteiger partial charge < -0.3 is 35.0 Å². The Kier molecular flexibility index (Phi) is 8.01. The van der Waals surface area contributed by atoms with E-state index in [1.165, 1.54) is 0 Å². The fourth-order valence-electron chi connectivity index (χ4n) is 2.61. The molecule has 0 heterocycles. The van der Waals surface area contributed by atoms with Gasteiger partial charge in [-0.1, -0.05) is 0 Å². The number of esters is 2. The van der Waals surface area contributed by atoms with Crippen molar-refractivity contribution < 1.29 is 63.8 Å². The molecule has 13 heteroatoms. The number of ether oxygens (including phenoxy) is 2. The molecule has 2 rings (SSSR count). The van der Waals surface area contributed by atoms with Gasteiger partial charge in [0.05, 0.1) is 33.4 Å². The summed E-state index contributed by atoms with van der Waals surface area (Å²) in [6.07, 6.45) is -1.59. The van der Waals surface area contributed by atoms with E-state index in [1.54, 1.807) is 0 Å². The van der Waals surface area contributed by atoms with E-state index >= 15 is 0 Å². The van der Waals surface area contributed by atoms with Crippen molar-refractivity contribution in [2.75, 3.05) is 13.2 Å². The minimum atomic E-state index is -1.59. The summed E-state index contributed by atoms with van der Waals surface area (Å²) in [7, 11) is 0. The molecule has 5 N–H and O–H groups in total. The van der Waals surface area contributed by atoms with E-state index < -0.39 is 77.4 Å². The minimum absolute atomic E-state index is 0.377. The topological polar surface area (TPSA) is 222 Å². The summed E-state index contributed by atoms with van der Waals surface area (Å²) < 4.78 is 9.55. The van der Waals surface area contributed by atoms with E-state index in [4.69, 9.17) is 19.7 Å². The predicted molar refractivity (Wildman–Crippen MR) is 107 cm³/mol. The van der Waals surface area contributed by atoms with Crippen molar-refractivity contribution in [3.8, 4) is 0 Å². The van der Waals surface area contributed by atoms with Crippen molar-refractivity contribution in [3.63, 3.8) is 0 Å². The molecule has 0 bridgehead atoms. The lowest BCUT2D eigenvalue weighted by Gasteiger charge is -2.13. The molecule has 0 aliphatic heterocycles. The largest absolute Gasteiger partial charge is 0.478 e. The molecule has 0 saturated carbocycles. The van der Waals surface area contributed by atoms with E-state index in [-0.39, 0.29) is 11.1 Å². The highest BCUT2D eigenvalue weighted by atomic mass is 16.6. The van der Waals surface area contributed by atoms with Gasteiger partial charge in [0.25, 0.3) is 0 Å². The standard InChI is InChI=1S/C21H16O13/c22-11(7-33-20(31)12-3-1-9(16(23)24)5-14(12)18(27)28)8-34-21(32)13-4-2-10(17(25)26)6-15(13)19(29)30/h1-6,11,22H,7-8H2,(H,23,24)(H,25,26)(H,27,28)(H,29,30). The average molecular weight is 476 g/mol. The highest BCUT2D eigenvalue weighted by Gasteiger charge is 2.23. The van der Waals surface area contributed by atoms with Gasteiger partial charge in [-0.2, -0.15) is 0 Å². The zero-order valence-electron chi connectivity index (χ0n) is 17.0. The fraction of sp³-hybridized carbons (Fsp3) is 0.143. The number of aliphatic hydroxyl groups is 1. The van der Waals surface area contributed by atoms with E-state index in [2.05, 4.69) is 0 Å². The Hall–Kier alpha value is -4.78. The van der Waals surface area contributed by atoms with Crippen molar-refractivity contribution in [1.82, 2.24) is 0 Å². The highest BCUT2D eigenvalue weighted by molar-refractivity contribution is 6.05. The molecule has 34 heavy (non-hydrogen) atoms. The van der Waals surface area contributed by atoms with Crippen molar-refractivity contribution >= 4 is 35.8 Å². The van der Waals surface area contributed by atoms with Crippen LogP contribution in [0, 0.1) is 0 Å². The molecule has 0 atom stereocenters. The average Bonchev–Trinajstić information content (AvgIpc) is 2.79. The molecule has 2 aromatic carbocycles. The minimum Gasteiger partial charge on any atom is -0.478 e. The summed E-state index contributed by atoms with van der Waals surface area (Å²) in [6, 6.07) is 5.34. The molecule has 0 unspecified atom stereocenters. The van der Waals surface area contributed by atoms with Gasteiger partial charge in [0.1, 0.15) is 19.3 Å². The molecule has 0 amide bonds. The smallest absolute Gasteiger partial charge is 0.339 e. The molecule has 0 aromatic heterocycles. The number of hydrogen-bond acceptors (Lipinski definition) is 9. The van der Waals surface area contributed by atoms with Gasteiger partial charge in [0.2, 0.25) is 0 Å². The van der Waals surface area contributed by atoms with E-state index in [1.807, 2.05) is 0 Å². The lowest BCUT2D eigenvalue weighted by atomic mass is 10.0. The zero-order valence-corrected chi connectivity index (χ0v) is 17.0. The molecule has 0 saturated heterocycles. The van der Waals surface area contributed by atoms with E-state index in [0.717, 1.165) is 36.4 Å². The third kappa shape index (κ3) is 6.14. The SMILES string of the molecule is O=C(O)c1ccc(C(=O)OCC(O)COC(=O)c2ccc(C(=O)O)cc2C(=O)O)c(C(=O)O)c1. The van der Waals surface area contributed by atoms with Crippen LogP contribution in [0.15, 0.2) is 36.4 Å². The van der Waals surface area contributed by atoms with Crippen LogP contribution in [0.2, 0.25) is 0 Å². The number of rotatable bonds is 10. The van der Waals surface area contributed by atoms with Gasteiger partial charge in [0.15, 0.2) is 0 Å². The Morgan fingerprint density at radius 2 is 0.941 bits per heavy atom. The van der Waals surface area contributed by atoms with E-state index in [0.29, 0.717) is 0 Å². The third-order valence-corrected chi connectivity index (χ3v) is 4.25. The summed E-state index contributed by atoms with van der Waals surface area (Å²) in [5, 5.41) is 46.1. The normalized spacial score (nSPS) is 10.4. The molecule has 0 spiro atoms. The lowest BCUT2D eigenvalue weighted by Crippen LogP contribution is -2.26. The van der Waals surface area contributed by atoms with Crippen LogP contribution in [0.25, 0.3) is 0 Å². The first-order valence-corrected chi connectivity index (χ1v) is 9.16. The monoisotopic (exact) mass is 476 g/mol. The molecule has 0 aliphatic carbocycles. The summed E-state index contributed by atoms with van der Waals surface area (Å²) in [5.41, 5.74) is -3.00. The van der Waals surface area contributed by atoms with Crippen LogP contribution in [0.5, 0.6) is 0 Å². The van der Waals surface area contributed by atoms with Crippen molar-refractivity contribution in [3.05, 3.63) is 69.8 Å². The second kappa shape index (κ2) is 10.7. The van der Waals surface area contributed by atoms with Crippen LogP contribution in [-0.4, -0.2) is 80.7 Å². The highest BCUT2D eigenvalue weighted by Crippen LogP contribution is 2.16. The van der Waals surface area contributed by atoms with Crippen LogP contribution in [0.4, 0.5) is 0 Å². The van der Waals surface area contributed by atoms with Gasteiger partial charge in [-0.15, -0.1) is 0 Å². The predicted octanol–water partition coefficient (Wildman–Crippen LogP) is 0.854. The van der Waals surface area contributed by atoms with E-state index in [9.17, 15) is 44.1 Å². The summed E-state index contributed by atoms with van der Waals surface area (Å²) in [4.78, 5) is 68.8. The molecule has 0 radical (unpaired) electrons. The number of aliphatic hydroxyl groups excluding tert-OH is 1. The maximum atomic E-state index is 12.2. The van der Waals surface area contributed by atoms with Crippen molar-refractivity contribution in [2.45, 2.75) is 6.10 Å². The number of aromatic carboxylic acids is 4. The number of carboxylic acid groups (broad SMARTS) is 4. The quantitative estimate of drug-likeness (QED) is 0.300. The molecular formula is C21H16O13. The van der Waals surface area contributed by atoms with Crippen LogP contribution in [0.1, 0.15) is 62.1 Å². The molecule has 0 aliphatic rings.